The Balaban J connectivity index is 1.99. The summed E-state index contributed by atoms with van der Waals surface area (Å²) in [5, 5.41) is 0. The van der Waals surface area contributed by atoms with E-state index in [2.05, 4.69) is 15.9 Å². The van der Waals surface area contributed by atoms with Gasteiger partial charge in [-0.25, -0.2) is 4.39 Å². The summed E-state index contributed by atoms with van der Waals surface area (Å²) in [7, 11) is 0. The monoisotopic (exact) mass is 342 g/mol. The molecule has 2 N–H and O–H groups in total. The van der Waals surface area contributed by atoms with Gasteiger partial charge in [0, 0.05) is 24.0 Å². The van der Waals surface area contributed by atoms with Gasteiger partial charge in [0.25, 0.3) is 5.91 Å². The number of carbonyl (C=O) groups is 2. The Morgan fingerprint density at radius 1 is 1.35 bits per heavy atom. The first-order valence-corrected chi connectivity index (χ1v) is 7.29. The Bertz CT molecular complexity index is 528. The van der Waals surface area contributed by atoms with E-state index < -0.39 is 5.82 Å². The van der Waals surface area contributed by atoms with Crippen molar-refractivity contribution in [1.82, 2.24) is 4.90 Å². The molecule has 0 aliphatic carbocycles. The summed E-state index contributed by atoms with van der Waals surface area (Å²) in [6, 6.07) is 4.42. The zero-order valence-electron chi connectivity index (χ0n) is 10.9. The molecule has 0 radical (unpaired) electrons. The average Bonchev–Trinajstić information content (AvgIpc) is 2.38. The number of piperidine rings is 1. The molecule has 0 bridgehead atoms. The van der Waals surface area contributed by atoms with Crippen molar-refractivity contribution in [1.29, 1.82) is 0 Å². The molecule has 20 heavy (non-hydrogen) atoms. The van der Waals surface area contributed by atoms with Crippen molar-refractivity contribution in [3.63, 3.8) is 0 Å². The number of nitrogens with zero attached hydrogens (tertiary/aromatic N) is 1. The smallest absolute Gasteiger partial charge is 0.256 e. The summed E-state index contributed by atoms with van der Waals surface area (Å²) in [5.41, 5.74) is 5.25. The van der Waals surface area contributed by atoms with E-state index in [1.54, 1.807) is 11.0 Å². The second-order valence-corrected chi connectivity index (χ2v) is 5.95. The topological polar surface area (TPSA) is 63.4 Å². The summed E-state index contributed by atoms with van der Waals surface area (Å²) >= 11 is 3.16. The maximum absolute atomic E-state index is 13.8. The maximum atomic E-state index is 13.8. The first-order valence-electron chi connectivity index (χ1n) is 6.50. The average molecular weight is 343 g/mol. The number of nitrogens with two attached hydrogens (primary N) is 1. The number of carbonyl (C=O) groups excluding carboxylic acids is 2. The minimum absolute atomic E-state index is 0.0848. The molecule has 1 aromatic carbocycles. The first kappa shape index (κ1) is 15.0. The van der Waals surface area contributed by atoms with Crippen LogP contribution in [0.1, 0.15) is 29.6 Å². The highest BCUT2D eigenvalue weighted by Crippen LogP contribution is 2.23. The van der Waals surface area contributed by atoms with Crippen LogP contribution < -0.4 is 5.73 Å². The molecule has 1 fully saturated rings. The van der Waals surface area contributed by atoms with Crippen LogP contribution in [0.3, 0.4) is 0 Å². The molecule has 1 heterocycles. The largest absolute Gasteiger partial charge is 0.370 e. The highest BCUT2D eigenvalue weighted by molar-refractivity contribution is 9.10. The molecule has 0 unspecified atom stereocenters. The molecule has 1 aliphatic heterocycles. The molecular weight excluding hydrogens is 327 g/mol. The van der Waals surface area contributed by atoms with Gasteiger partial charge in [0.15, 0.2) is 0 Å². The lowest BCUT2D eigenvalue weighted by Crippen LogP contribution is -2.39. The zero-order valence-corrected chi connectivity index (χ0v) is 12.5. The van der Waals surface area contributed by atoms with E-state index in [0.29, 0.717) is 24.0 Å². The summed E-state index contributed by atoms with van der Waals surface area (Å²) in [5.74, 6) is -0.906. The lowest BCUT2D eigenvalue weighted by molar-refractivity contribution is -0.119. The van der Waals surface area contributed by atoms with Crippen molar-refractivity contribution in [3.8, 4) is 0 Å². The van der Waals surface area contributed by atoms with Gasteiger partial charge in [-0.1, -0.05) is 15.9 Å². The number of halogens is 2. The lowest BCUT2D eigenvalue weighted by atomic mass is 9.93. The van der Waals surface area contributed by atoms with E-state index >= 15 is 0 Å². The van der Waals surface area contributed by atoms with Crippen LogP contribution in [0.4, 0.5) is 4.39 Å². The van der Waals surface area contributed by atoms with Crippen LogP contribution in [0, 0.1) is 11.7 Å². The second-order valence-electron chi connectivity index (χ2n) is 5.03. The van der Waals surface area contributed by atoms with E-state index in [9.17, 15) is 14.0 Å². The molecular formula is C14H16BrFN2O2. The van der Waals surface area contributed by atoms with Gasteiger partial charge in [-0.15, -0.1) is 0 Å². The van der Waals surface area contributed by atoms with Gasteiger partial charge < -0.3 is 10.6 Å². The predicted molar refractivity (Wildman–Crippen MR) is 76.5 cm³/mol. The van der Waals surface area contributed by atoms with E-state index in [1.165, 1.54) is 12.1 Å². The molecule has 1 aliphatic rings. The van der Waals surface area contributed by atoms with Gasteiger partial charge in [-0.3, -0.25) is 9.59 Å². The quantitative estimate of drug-likeness (QED) is 0.916. The molecule has 0 aromatic heterocycles. The number of hydrogen-bond donors (Lipinski definition) is 1. The summed E-state index contributed by atoms with van der Waals surface area (Å²) < 4.78 is 14.4. The third kappa shape index (κ3) is 3.56. The van der Waals surface area contributed by atoms with Crippen LogP contribution in [0.25, 0.3) is 0 Å². The van der Waals surface area contributed by atoms with Crippen molar-refractivity contribution < 1.29 is 14.0 Å². The molecule has 0 saturated carbocycles. The van der Waals surface area contributed by atoms with Crippen LogP contribution >= 0.6 is 15.9 Å². The Morgan fingerprint density at radius 2 is 2.00 bits per heavy atom. The number of benzene rings is 1. The highest BCUT2D eigenvalue weighted by Gasteiger charge is 2.25. The van der Waals surface area contributed by atoms with Crippen LogP contribution in [0.15, 0.2) is 22.7 Å². The number of likely N-dealkylation sites (tertiary alicyclic amines) is 1. The summed E-state index contributed by atoms with van der Waals surface area (Å²) in [6.45, 7) is 1.07. The lowest BCUT2D eigenvalue weighted by Gasteiger charge is -2.31. The van der Waals surface area contributed by atoms with Crippen molar-refractivity contribution in [2.24, 2.45) is 11.7 Å². The minimum Gasteiger partial charge on any atom is -0.370 e. The fourth-order valence-corrected chi connectivity index (χ4v) is 2.79. The Morgan fingerprint density at radius 3 is 2.55 bits per heavy atom. The number of primary amides is 1. The number of hydrogen-bond acceptors (Lipinski definition) is 2. The molecule has 1 aromatic rings. The van der Waals surface area contributed by atoms with Crippen LogP contribution in [0.5, 0.6) is 0 Å². The molecule has 6 heteroatoms. The molecule has 4 nitrogen and oxygen atoms in total. The van der Waals surface area contributed by atoms with Crippen molar-refractivity contribution in [3.05, 3.63) is 34.1 Å². The first-order chi connectivity index (χ1) is 9.47. The number of amides is 2. The van der Waals surface area contributed by atoms with Gasteiger partial charge >= 0.3 is 0 Å². The van der Waals surface area contributed by atoms with Gasteiger partial charge in [0.2, 0.25) is 5.91 Å². The van der Waals surface area contributed by atoms with E-state index in [1.807, 2.05) is 0 Å². The van der Waals surface area contributed by atoms with Crippen molar-refractivity contribution in [2.75, 3.05) is 13.1 Å². The fraction of sp³-hybridized carbons (Fsp3) is 0.429. The van der Waals surface area contributed by atoms with Gasteiger partial charge in [-0.2, -0.15) is 0 Å². The third-order valence-electron chi connectivity index (χ3n) is 3.55. The van der Waals surface area contributed by atoms with E-state index in [4.69, 9.17) is 5.73 Å². The van der Waals surface area contributed by atoms with Crippen molar-refractivity contribution >= 4 is 27.7 Å². The molecule has 0 spiro atoms. The van der Waals surface area contributed by atoms with E-state index in [0.717, 1.165) is 12.8 Å². The maximum Gasteiger partial charge on any atom is 0.256 e. The Hall–Kier alpha value is -1.43. The van der Waals surface area contributed by atoms with Crippen molar-refractivity contribution in [2.45, 2.75) is 19.3 Å². The molecule has 0 atom stereocenters. The fourth-order valence-electron chi connectivity index (χ4n) is 2.46. The molecule has 2 amide bonds. The standard InChI is InChI=1S/C14H16BrFN2O2/c15-10-1-2-11(12(16)8-10)14(20)18-5-3-9(4-6-18)7-13(17)19/h1-2,8-9H,3-7H2,(H2,17,19). The van der Waals surface area contributed by atoms with Gasteiger partial charge in [0.05, 0.1) is 5.56 Å². The predicted octanol–water partition coefficient (Wildman–Crippen LogP) is 2.32. The molecule has 108 valence electrons. The Kier molecular flexibility index (Phi) is 4.75. The van der Waals surface area contributed by atoms with Crippen LogP contribution in [-0.4, -0.2) is 29.8 Å². The minimum atomic E-state index is -0.524. The molecule has 1 saturated heterocycles. The van der Waals surface area contributed by atoms with Crippen LogP contribution in [-0.2, 0) is 4.79 Å². The van der Waals surface area contributed by atoms with E-state index in [-0.39, 0.29) is 23.3 Å². The number of rotatable bonds is 3. The molecule has 2 rings (SSSR count). The normalized spacial score (nSPS) is 16.2. The highest BCUT2D eigenvalue weighted by atomic mass is 79.9. The van der Waals surface area contributed by atoms with Gasteiger partial charge in [-0.05, 0) is 37.0 Å². The summed E-state index contributed by atoms with van der Waals surface area (Å²) in [4.78, 5) is 24.7. The third-order valence-corrected chi connectivity index (χ3v) is 4.05. The zero-order chi connectivity index (χ0) is 14.7. The summed E-state index contributed by atoms with van der Waals surface area (Å²) in [6.07, 6.45) is 1.81. The Labute approximate surface area is 125 Å². The van der Waals surface area contributed by atoms with Gasteiger partial charge in [0.1, 0.15) is 5.82 Å². The SMILES string of the molecule is NC(=O)CC1CCN(C(=O)c2ccc(Br)cc2F)CC1. The second kappa shape index (κ2) is 6.35. The van der Waals surface area contributed by atoms with Crippen LogP contribution in [0.2, 0.25) is 0 Å².